The number of rotatable bonds is 1. The van der Waals surface area contributed by atoms with Gasteiger partial charge < -0.3 is 10.2 Å². The van der Waals surface area contributed by atoms with Crippen molar-refractivity contribution in [1.82, 2.24) is 0 Å². The SMILES string of the molecule is CC1(c2ccc(O)c(F)c2)CCCc2cc(O)ccc2C1. The van der Waals surface area contributed by atoms with Gasteiger partial charge in [0.05, 0.1) is 0 Å². The highest BCUT2D eigenvalue weighted by molar-refractivity contribution is 5.40. The average Bonchev–Trinajstić information content (AvgIpc) is 2.61. The first kappa shape index (κ1) is 13.9. The van der Waals surface area contributed by atoms with Crippen LogP contribution in [-0.4, -0.2) is 10.2 Å². The lowest BCUT2D eigenvalue weighted by molar-refractivity contribution is 0.412. The summed E-state index contributed by atoms with van der Waals surface area (Å²) in [5.41, 5.74) is 3.15. The van der Waals surface area contributed by atoms with Crippen LogP contribution in [0.15, 0.2) is 36.4 Å². The summed E-state index contributed by atoms with van der Waals surface area (Å²) in [7, 11) is 0. The first-order chi connectivity index (χ1) is 9.98. The molecule has 2 aromatic rings. The molecule has 2 aromatic carbocycles. The zero-order chi connectivity index (χ0) is 15.0. The van der Waals surface area contributed by atoms with Gasteiger partial charge in [-0.15, -0.1) is 0 Å². The van der Waals surface area contributed by atoms with E-state index in [2.05, 4.69) is 6.92 Å². The van der Waals surface area contributed by atoms with E-state index in [0.717, 1.165) is 31.2 Å². The van der Waals surface area contributed by atoms with Crippen LogP contribution in [0.5, 0.6) is 11.5 Å². The lowest BCUT2D eigenvalue weighted by Crippen LogP contribution is -2.24. The van der Waals surface area contributed by atoms with E-state index in [1.807, 2.05) is 18.2 Å². The van der Waals surface area contributed by atoms with Crippen molar-refractivity contribution in [1.29, 1.82) is 0 Å². The molecule has 0 spiro atoms. The van der Waals surface area contributed by atoms with Crippen LogP contribution in [0, 0.1) is 5.82 Å². The summed E-state index contributed by atoms with van der Waals surface area (Å²) in [5, 5.41) is 19.0. The maximum atomic E-state index is 13.7. The molecule has 2 N–H and O–H groups in total. The van der Waals surface area contributed by atoms with Crippen molar-refractivity contribution in [2.75, 3.05) is 0 Å². The molecule has 0 heterocycles. The van der Waals surface area contributed by atoms with Gasteiger partial charge in [0.1, 0.15) is 5.75 Å². The molecule has 3 rings (SSSR count). The number of aryl methyl sites for hydroxylation is 1. The van der Waals surface area contributed by atoms with Gasteiger partial charge in [0.2, 0.25) is 0 Å². The number of aromatic hydroxyl groups is 2. The van der Waals surface area contributed by atoms with Crippen LogP contribution < -0.4 is 0 Å². The lowest BCUT2D eigenvalue weighted by Gasteiger charge is -2.29. The van der Waals surface area contributed by atoms with Crippen molar-refractivity contribution in [3.8, 4) is 11.5 Å². The van der Waals surface area contributed by atoms with Crippen LogP contribution in [0.3, 0.4) is 0 Å². The molecule has 0 fully saturated rings. The fourth-order valence-corrected chi connectivity index (χ4v) is 3.32. The van der Waals surface area contributed by atoms with Gasteiger partial charge in [-0.2, -0.15) is 0 Å². The summed E-state index contributed by atoms with van der Waals surface area (Å²) < 4.78 is 13.7. The minimum atomic E-state index is -0.566. The highest BCUT2D eigenvalue weighted by atomic mass is 19.1. The summed E-state index contributed by atoms with van der Waals surface area (Å²) >= 11 is 0. The molecular weight excluding hydrogens is 267 g/mol. The Morgan fingerprint density at radius 3 is 2.62 bits per heavy atom. The van der Waals surface area contributed by atoms with E-state index in [9.17, 15) is 14.6 Å². The molecule has 1 aliphatic rings. The molecule has 1 unspecified atom stereocenters. The van der Waals surface area contributed by atoms with Gasteiger partial charge in [-0.3, -0.25) is 0 Å². The number of halogens is 1. The average molecular weight is 286 g/mol. The van der Waals surface area contributed by atoms with E-state index >= 15 is 0 Å². The van der Waals surface area contributed by atoms with E-state index < -0.39 is 5.82 Å². The Bertz CT molecular complexity index is 681. The third-order valence-electron chi connectivity index (χ3n) is 4.59. The summed E-state index contributed by atoms with van der Waals surface area (Å²) in [6, 6.07) is 10.2. The highest BCUT2D eigenvalue weighted by Gasteiger charge is 2.30. The first-order valence-electron chi connectivity index (χ1n) is 7.28. The molecule has 0 bridgehead atoms. The predicted molar refractivity (Wildman–Crippen MR) is 80.2 cm³/mol. The van der Waals surface area contributed by atoms with Gasteiger partial charge in [0.15, 0.2) is 11.6 Å². The van der Waals surface area contributed by atoms with E-state index in [0.29, 0.717) is 5.75 Å². The van der Waals surface area contributed by atoms with Crippen LogP contribution in [0.1, 0.15) is 36.5 Å². The molecule has 3 heteroatoms. The quantitative estimate of drug-likeness (QED) is 0.776. The van der Waals surface area contributed by atoms with Gasteiger partial charge >= 0.3 is 0 Å². The molecule has 0 radical (unpaired) electrons. The van der Waals surface area contributed by atoms with Gasteiger partial charge in [0.25, 0.3) is 0 Å². The van der Waals surface area contributed by atoms with Gasteiger partial charge in [0, 0.05) is 0 Å². The molecule has 110 valence electrons. The van der Waals surface area contributed by atoms with Crippen molar-refractivity contribution in [2.24, 2.45) is 0 Å². The standard InChI is InChI=1S/C18H19FO2/c1-18(14-5-7-17(21)16(19)10-14)8-2-3-12-9-15(20)6-4-13(12)11-18/h4-7,9-10,20-21H,2-3,8,11H2,1H3. The second-order valence-corrected chi connectivity index (χ2v) is 6.21. The number of hydrogen-bond acceptors (Lipinski definition) is 2. The second-order valence-electron chi connectivity index (χ2n) is 6.21. The summed E-state index contributed by atoms with van der Waals surface area (Å²) in [5.74, 6) is -0.571. The number of phenolic OH excluding ortho intramolecular Hbond substituents is 2. The highest BCUT2D eigenvalue weighted by Crippen LogP contribution is 2.39. The van der Waals surface area contributed by atoms with Gasteiger partial charge in [-0.05, 0) is 72.1 Å². The van der Waals surface area contributed by atoms with Crippen LogP contribution >= 0.6 is 0 Å². The monoisotopic (exact) mass is 286 g/mol. The minimum Gasteiger partial charge on any atom is -0.508 e. The molecule has 0 aromatic heterocycles. The number of benzene rings is 2. The third kappa shape index (κ3) is 2.60. The Labute approximate surface area is 123 Å². The smallest absolute Gasteiger partial charge is 0.165 e. The summed E-state index contributed by atoms with van der Waals surface area (Å²) in [6.07, 6.45) is 3.69. The number of hydrogen-bond donors (Lipinski definition) is 2. The van der Waals surface area contributed by atoms with Crippen LogP contribution in [0.2, 0.25) is 0 Å². The molecule has 0 aliphatic heterocycles. The molecule has 0 amide bonds. The van der Waals surface area contributed by atoms with Gasteiger partial charge in [-0.1, -0.05) is 19.1 Å². The minimum absolute atomic E-state index is 0.156. The van der Waals surface area contributed by atoms with Crippen LogP contribution in [-0.2, 0) is 18.3 Å². The number of phenols is 2. The zero-order valence-corrected chi connectivity index (χ0v) is 12.1. The molecular formula is C18H19FO2. The van der Waals surface area contributed by atoms with Crippen molar-refractivity contribution in [2.45, 2.75) is 38.0 Å². The normalized spacial score (nSPS) is 21.6. The number of fused-ring (bicyclic) bond motifs is 1. The van der Waals surface area contributed by atoms with E-state index in [4.69, 9.17) is 0 Å². The molecule has 1 atom stereocenters. The summed E-state index contributed by atoms with van der Waals surface area (Å²) in [6.45, 7) is 2.14. The Balaban J connectivity index is 2.01. The van der Waals surface area contributed by atoms with E-state index in [1.165, 1.54) is 23.3 Å². The topological polar surface area (TPSA) is 40.5 Å². The molecule has 2 nitrogen and oxygen atoms in total. The fourth-order valence-electron chi connectivity index (χ4n) is 3.32. The maximum absolute atomic E-state index is 13.7. The lowest BCUT2D eigenvalue weighted by atomic mass is 9.75. The summed E-state index contributed by atoms with van der Waals surface area (Å²) in [4.78, 5) is 0. The molecule has 0 saturated heterocycles. The predicted octanol–water partition coefficient (Wildman–Crippen LogP) is 4.07. The van der Waals surface area contributed by atoms with E-state index in [1.54, 1.807) is 6.07 Å². The maximum Gasteiger partial charge on any atom is 0.165 e. The van der Waals surface area contributed by atoms with Crippen molar-refractivity contribution >= 4 is 0 Å². The van der Waals surface area contributed by atoms with Crippen LogP contribution in [0.4, 0.5) is 4.39 Å². The second kappa shape index (κ2) is 5.06. The molecule has 1 aliphatic carbocycles. The van der Waals surface area contributed by atoms with Crippen molar-refractivity contribution in [3.05, 3.63) is 58.9 Å². The van der Waals surface area contributed by atoms with Crippen LogP contribution in [0.25, 0.3) is 0 Å². The first-order valence-corrected chi connectivity index (χ1v) is 7.28. The van der Waals surface area contributed by atoms with Crippen molar-refractivity contribution < 1.29 is 14.6 Å². The Hall–Kier alpha value is -2.03. The van der Waals surface area contributed by atoms with Gasteiger partial charge in [-0.25, -0.2) is 4.39 Å². The fraction of sp³-hybridized carbons (Fsp3) is 0.333. The Morgan fingerprint density at radius 2 is 1.86 bits per heavy atom. The Kier molecular flexibility index (Phi) is 3.36. The zero-order valence-electron chi connectivity index (χ0n) is 12.1. The molecule has 0 saturated carbocycles. The third-order valence-corrected chi connectivity index (χ3v) is 4.59. The largest absolute Gasteiger partial charge is 0.508 e. The Morgan fingerprint density at radius 1 is 1.05 bits per heavy atom. The van der Waals surface area contributed by atoms with Crippen molar-refractivity contribution in [3.63, 3.8) is 0 Å². The molecule has 21 heavy (non-hydrogen) atoms. The van der Waals surface area contributed by atoms with E-state index in [-0.39, 0.29) is 11.2 Å².